The molecule has 0 aromatic heterocycles. The van der Waals surface area contributed by atoms with E-state index in [2.05, 4.69) is 0 Å². The van der Waals surface area contributed by atoms with Crippen molar-refractivity contribution < 1.29 is 9.90 Å². The highest BCUT2D eigenvalue weighted by atomic mass is 35.5. The molecule has 4 heteroatoms. The van der Waals surface area contributed by atoms with E-state index >= 15 is 0 Å². The van der Waals surface area contributed by atoms with E-state index in [9.17, 15) is 9.90 Å². The van der Waals surface area contributed by atoms with Gasteiger partial charge in [0.05, 0.1) is 16.7 Å². The van der Waals surface area contributed by atoms with Crippen LogP contribution in [0.5, 0.6) is 0 Å². The lowest BCUT2D eigenvalue weighted by molar-refractivity contribution is 0.0569. The summed E-state index contributed by atoms with van der Waals surface area (Å²) in [6, 6.07) is 7.32. The van der Waals surface area contributed by atoms with Crippen molar-refractivity contribution in [2.75, 3.05) is 7.05 Å². The second-order valence-corrected chi connectivity index (χ2v) is 5.27. The number of hydrogen-bond donors (Lipinski definition) is 1. The number of amides is 1. The summed E-state index contributed by atoms with van der Waals surface area (Å²) < 4.78 is 0. The molecule has 2 rings (SSSR count). The second kappa shape index (κ2) is 5.72. The Morgan fingerprint density at radius 3 is 2.50 bits per heavy atom. The normalized spacial score (nSPS) is 23.7. The molecule has 18 heavy (non-hydrogen) atoms. The number of halogens is 1. The van der Waals surface area contributed by atoms with Crippen LogP contribution in [0.15, 0.2) is 24.3 Å². The van der Waals surface area contributed by atoms with Crippen molar-refractivity contribution in [3.8, 4) is 0 Å². The van der Waals surface area contributed by atoms with E-state index in [-0.39, 0.29) is 18.1 Å². The predicted molar refractivity (Wildman–Crippen MR) is 71.8 cm³/mol. The summed E-state index contributed by atoms with van der Waals surface area (Å²) in [6.45, 7) is 0. The maximum Gasteiger partial charge on any atom is 0.255 e. The predicted octanol–water partition coefficient (Wildman–Crippen LogP) is 2.72. The molecule has 0 radical (unpaired) electrons. The summed E-state index contributed by atoms with van der Waals surface area (Å²) >= 11 is 6.04. The van der Waals surface area contributed by atoms with Crippen LogP contribution in [0.3, 0.4) is 0 Å². The number of nitrogens with zero attached hydrogens (tertiary/aromatic N) is 1. The van der Waals surface area contributed by atoms with Crippen LogP contribution in [0.1, 0.15) is 36.0 Å². The van der Waals surface area contributed by atoms with Gasteiger partial charge in [-0.2, -0.15) is 0 Å². The lowest BCUT2D eigenvalue weighted by Crippen LogP contribution is -2.40. The summed E-state index contributed by atoms with van der Waals surface area (Å²) in [6.07, 6.45) is 3.04. The Hall–Kier alpha value is -1.06. The summed E-state index contributed by atoms with van der Waals surface area (Å²) in [5.74, 6) is -0.0398. The zero-order valence-electron chi connectivity index (χ0n) is 10.5. The van der Waals surface area contributed by atoms with Crippen LogP contribution in [0, 0.1) is 0 Å². The minimum Gasteiger partial charge on any atom is -0.393 e. The molecule has 1 aliphatic carbocycles. The van der Waals surface area contributed by atoms with Crippen molar-refractivity contribution in [3.63, 3.8) is 0 Å². The molecule has 1 aromatic carbocycles. The maximum atomic E-state index is 12.3. The molecule has 0 bridgehead atoms. The van der Waals surface area contributed by atoms with Gasteiger partial charge in [0.15, 0.2) is 0 Å². The molecule has 0 aliphatic heterocycles. The summed E-state index contributed by atoms with van der Waals surface area (Å²) in [4.78, 5) is 14.1. The number of aliphatic hydroxyl groups excluding tert-OH is 1. The topological polar surface area (TPSA) is 40.5 Å². The first kappa shape index (κ1) is 13.4. The molecule has 1 saturated carbocycles. The van der Waals surface area contributed by atoms with Gasteiger partial charge in [-0.1, -0.05) is 23.7 Å². The lowest BCUT2D eigenvalue weighted by Gasteiger charge is -2.33. The smallest absolute Gasteiger partial charge is 0.255 e. The van der Waals surface area contributed by atoms with Gasteiger partial charge in [0.25, 0.3) is 5.91 Å². The van der Waals surface area contributed by atoms with E-state index in [0.29, 0.717) is 10.6 Å². The van der Waals surface area contributed by atoms with Gasteiger partial charge in [-0.15, -0.1) is 0 Å². The van der Waals surface area contributed by atoms with Gasteiger partial charge >= 0.3 is 0 Å². The van der Waals surface area contributed by atoms with Gasteiger partial charge < -0.3 is 10.0 Å². The Balaban J connectivity index is 2.07. The molecule has 0 atom stereocenters. The van der Waals surface area contributed by atoms with Gasteiger partial charge in [0.2, 0.25) is 0 Å². The number of carbonyl (C=O) groups excluding carboxylic acids is 1. The van der Waals surface area contributed by atoms with E-state index in [0.717, 1.165) is 25.7 Å². The molecule has 1 fully saturated rings. The van der Waals surface area contributed by atoms with E-state index in [4.69, 9.17) is 11.6 Å². The molecule has 0 saturated heterocycles. The number of hydrogen-bond acceptors (Lipinski definition) is 2. The van der Waals surface area contributed by atoms with Gasteiger partial charge in [-0.3, -0.25) is 4.79 Å². The first-order valence-electron chi connectivity index (χ1n) is 6.29. The van der Waals surface area contributed by atoms with Crippen LogP contribution in [0.25, 0.3) is 0 Å². The SMILES string of the molecule is CN(C(=O)c1ccccc1Cl)C1CCC(O)CC1. The zero-order valence-corrected chi connectivity index (χ0v) is 11.2. The molecule has 1 aliphatic rings. The van der Waals surface area contributed by atoms with E-state index in [1.54, 1.807) is 17.0 Å². The minimum absolute atomic E-state index is 0.0398. The Morgan fingerprint density at radius 1 is 1.28 bits per heavy atom. The lowest BCUT2D eigenvalue weighted by atomic mass is 9.92. The van der Waals surface area contributed by atoms with Gasteiger partial charge in [0, 0.05) is 13.1 Å². The van der Waals surface area contributed by atoms with E-state index in [1.807, 2.05) is 19.2 Å². The van der Waals surface area contributed by atoms with Crippen LogP contribution in [0.4, 0.5) is 0 Å². The maximum absolute atomic E-state index is 12.3. The molecule has 0 unspecified atom stereocenters. The zero-order chi connectivity index (χ0) is 13.1. The van der Waals surface area contributed by atoms with Crippen molar-refractivity contribution in [3.05, 3.63) is 34.9 Å². The first-order valence-corrected chi connectivity index (χ1v) is 6.67. The quantitative estimate of drug-likeness (QED) is 0.895. The first-order chi connectivity index (χ1) is 8.59. The third-order valence-electron chi connectivity index (χ3n) is 3.64. The average Bonchev–Trinajstić information content (AvgIpc) is 2.38. The fourth-order valence-electron chi connectivity index (χ4n) is 2.44. The minimum atomic E-state index is -0.204. The van der Waals surface area contributed by atoms with E-state index < -0.39 is 0 Å². The van der Waals surface area contributed by atoms with Crippen LogP contribution < -0.4 is 0 Å². The molecular weight excluding hydrogens is 250 g/mol. The van der Waals surface area contributed by atoms with E-state index in [1.165, 1.54) is 0 Å². The van der Waals surface area contributed by atoms with Crippen molar-refractivity contribution in [1.29, 1.82) is 0 Å². The van der Waals surface area contributed by atoms with Crippen LogP contribution in [-0.4, -0.2) is 35.1 Å². The third kappa shape index (κ3) is 2.85. The second-order valence-electron chi connectivity index (χ2n) is 4.86. The number of carbonyl (C=O) groups is 1. The Labute approximate surface area is 112 Å². The number of benzene rings is 1. The molecule has 0 spiro atoms. The van der Waals surface area contributed by atoms with Crippen molar-refractivity contribution >= 4 is 17.5 Å². The largest absolute Gasteiger partial charge is 0.393 e. The molecule has 1 aromatic rings. The van der Waals surface area contributed by atoms with Gasteiger partial charge in [-0.05, 0) is 37.8 Å². The Bertz CT molecular complexity index is 428. The average molecular weight is 268 g/mol. The molecule has 0 heterocycles. The third-order valence-corrected chi connectivity index (χ3v) is 3.97. The highest BCUT2D eigenvalue weighted by molar-refractivity contribution is 6.33. The van der Waals surface area contributed by atoms with Crippen LogP contribution >= 0.6 is 11.6 Å². The fraction of sp³-hybridized carbons (Fsp3) is 0.500. The monoisotopic (exact) mass is 267 g/mol. The Kier molecular flexibility index (Phi) is 4.25. The van der Waals surface area contributed by atoms with Gasteiger partial charge in [0.1, 0.15) is 0 Å². The van der Waals surface area contributed by atoms with Gasteiger partial charge in [-0.25, -0.2) is 0 Å². The highest BCUT2D eigenvalue weighted by Gasteiger charge is 2.26. The van der Waals surface area contributed by atoms with Crippen LogP contribution in [-0.2, 0) is 0 Å². The summed E-state index contributed by atoms with van der Waals surface area (Å²) in [5.41, 5.74) is 0.549. The standard InChI is InChI=1S/C14H18ClNO2/c1-16(10-6-8-11(17)9-7-10)14(18)12-4-2-3-5-13(12)15/h2-5,10-11,17H,6-9H2,1H3. The Morgan fingerprint density at radius 2 is 1.89 bits per heavy atom. The van der Waals surface area contributed by atoms with Crippen molar-refractivity contribution in [2.45, 2.75) is 37.8 Å². The molecule has 1 amide bonds. The van der Waals surface area contributed by atoms with Crippen molar-refractivity contribution in [2.24, 2.45) is 0 Å². The molecule has 1 N–H and O–H groups in total. The highest BCUT2D eigenvalue weighted by Crippen LogP contribution is 2.25. The number of rotatable bonds is 2. The number of aliphatic hydroxyl groups is 1. The molecule has 3 nitrogen and oxygen atoms in total. The summed E-state index contributed by atoms with van der Waals surface area (Å²) in [7, 11) is 1.81. The van der Waals surface area contributed by atoms with Crippen LogP contribution in [0.2, 0.25) is 5.02 Å². The van der Waals surface area contributed by atoms with Crippen molar-refractivity contribution in [1.82, 2.24) is 4.90 Å². The molecule has 98 valence electrons. The fourth-order valence-corrected chi connectivity index (χ4v) is 2.65. The summed E-state index contributed by atoms with van der Waals surface area (Å²) in [5, 5.41) is 9.97. The molecular formula is C14H18ClNO2.